The zero-order valence-corrected chi connectivity index (χ0v) is 13.4. The van der Waals surface area contributed by atoms with Crippen LogP contribution in [0.2, 0.25) is 0 Å². The largest absolute Gasteiger partial charge is 0.351 e. The van der Waals surface area contributed by atoms with Crippen LogP contribution in [0.5, 0.6) is 0 Å². The van der Waals surface area contributed by atoms with Crippen LogP contribution in [-0.4, -0.2) is 28.0 Å². The van der Waals surface area contributed by atoms with Crippen molar-refractivity contribution in [2.75, 3.05) is 12.3 Å². The molecule has 0 aliphatic heterocycles. The minimum absolute atomic E-state index is 0.0964. The summed E-state index contributed by atoms with van der Waals surface area (Å²) in [6.07, 6.45) is 3.33. The van der Waals surface area contributed by atoms with Crippen molar-refractivity contribution in [3.05, 3.63) is 78.6 Å². The van der Waals surface area contributed by atoms with E-state index in [4.69, 9.17) is 0 Å². The van der Waals surface area contributed by atoms with Gasteiger partial charge in [0.15, 0.2) is 0 Å². The lowest BCUT2D eigenvalue weighted by Crippen LogP contribution is -2.25. The molecule has 0 unspecified atom stereocenters. The van der Waals surface area contributed by atoms with Crippen molar-refractivity contribution in [1.82, 2.24) is 15.1 Å². The van der Waals surface area contributed by atoms with Crippen molar-refractivity contribution in [3.8, 4) is 5.69 Å². The van der Waals surface area contributed by atoms with Crippen LogP contribution in [0.3, 0.4) is 0 Å². The maximum absolute atomic E-state index is 12.1. The number of hydrogen-bond acceptors (Lipinski definition) is 3. The molecule has 0 aliphatic rings. The van der Waals surface area contributed by atoms with Crippen LogP contribution < -0.4 is 5.32 Å². The zero-order valence-electron chi connectivity index (χ0n) is 12.6. The number of nitrogens with zero attached hydrogens (tertiary/aromatic N) is 2. The molecule has 0 saturated carbocycles. The smallest absolute Gasteiger partial charge is 0.254 e. The Kier molecular flexibility index (Phi) is 5.11. The summed E-state index contributed by atoms with van der Waals surface area (Å²) in [6, 6.07) is 19.9. The Hall–Kier alpha value is -2.53. The van der Waals surface area contributed by atoms with Gasteiger partial charge < -0.3 is 5.32 Å². The predicted molar refractivity (Wildman–Crippen MR) is 93.1 cm³/mol. The van der Waals surface area contributed by atoms with Crippen LogP contribution in [0, 0.1) is 0 Å². The predicted octanol–water partition coefficient (Wildman–Crippen LogP) is 3.39. The summed E-state index contributed by atoms with van der Waals surface area (Å²) in [5.74, 6) is 0.739. The normalized spacial score (nSPS) is 10.4. The van der Waals surface area contributed by atoms with Gasteiger partial charge >= 0.3 is 0 Å². The van der Waals surface area contributed by atoms with Crippen LogP contribution in [0.4, 0.5) is 0 Å². The van der Waals surface area contributed by atoms with Gasteiger partial charge in [-0.3, -0.25) is 4.79 Å². The molecule has 0 bridgehead atoms. The monoisotopic (exact) mass is 323 g/mol. The Morgan fingerprint density at radius 2 is 1.74 bits per heavy atom. The second-order valence-corrected chi connectivity index (χ2v) is 6.09. The van der Waals surface area contributed by atoms with E-state index in [0.29, 0.717) is 12.1 Å². The Balaban J connectivity index is 1.50. The second-order valence-electron chi connectivity index (χ2n) is 4.93. The van der Waals surface area contributed by atoms with Gasteiger partial charge in [-0.25, -0.2) is 4.68 Å². The van der Waals surface area contributed by atoms with E-state index < -0.39 is 0 Å². The molecule has 3 rings (SSSR count). The van der Waals surface area contributed by atoms with Crippen LogP contribution >= 0.6 is 11.8 Å². The highest BCUT2D eigenvalue weighted by Gasteiger charge is 2.08. The summed E-state index contributed by atoms with van der Waals surface area (Å²) in [7, 11) is 0. The van der Waals surface area contributed by atoms with Gasteiger partial charge in [-0.2, -0.15) is 5.10 Å². The Labute approximate surface area is 139 Å². The Bertz CT molecular complexity index is 756. The number of thioether (sulfide) groups is 1. The number of amides is 1. The van der Waals surface area contributed by atoms with Gasteiger partial charge in [-0.05, 0) is 24.3 Å². The average Bonchev–Trinajstić information content (AvgIpc) is 3.10. The summed E-state index contributed by atoms with van der Waals surface area (Å²) in [4.78, 5) is 13.3. The lowest BCUT2D eigenvalue weighted by molar-refractivity contribution is 0.0956. The lowest BCUT2D eigenvalue weighted by Gasteiger charge is -2.03. The molecular weight excluding hydrogens is 306 g/mol. The molecule has 0 fully saturated rings. The highest BCUT2D eigenvalue weighted by atomic mass is 32.2. The highest BCUT2D eigenvalue weighted by Crippen LogP contribution is 2.15. The second kappa shape index (κ2) is 7.65. The average molecular weight is 323 g/mol. The van der Waals surface area contributed by atoms with Crippen molar-refractivity contribution < 1.29 is 4.79 Å². The topological polar surface area (TPSA) is 46.9 Å². The van der Waals surface area contributed by atoms with Gasteiger partial charge in [0.25, 0.3) is 5.91 Å². The summed E-state index contributed by atoms with van der Waals surface area (Å²) < 4.78 is 1.70. The fourth-order valence-corrected chi connectivity index (χ4v) is 2.90. The van der Waals surface area contributed by atoms with Crippen LogP contribution in [-0.2, 0) is 0 Å². The molecule has 0 spiro atoms. The molecule has 4 nitrogen and oxygen atoms in total. The van der Waals surface area contributed by atoms with E-state index in [-0.39, 0.29) is 5.91 Å². The molecule has 2 aromatic carbocycles. The van der Waals surface area contributed by atoms with E-state index in [1.165, 1.54) is 4.90 Å². The fourth-order valence-electron chi connectivity index (χ4n) is 2.11. The minimum atomic E-state index is -0.0964. The van der Waals surface area contributed by atoms with Crippen molar-refractivity contribution in [1.29, 1.82) is 0 Å². The molecular formula is C18H17N3OS. The number of carbonyl (C=O) groups excluding carboxylic acids is 1. The highest BCUT2D eigenvalue weighted by molar-refractivity contribution is 7.99. The molecule has 3 aromatic rings. The van der Waals surface area contributed by atoms with Crippen molar-refractivity contribution in [3.63, 3.8) is 0 Å². The first-order chi connectivity index (χ1) is 11.3. The van der Waals surface area contributed by atoms with E-state index in [2.05, 4.69) is 22.5 Å². The summed E-state index contributed by atoms with van der Waals surface area (Å²) in [6.45, 7) is 0.620. The molecule has 116 valence electrons. The molecule has 1 heterocycles. The third kappa shape index (κ3) is 4.23. The standard InChI is InChI=1S/C18H17N3OS/c22-18(19-11-12-23-17-9-5-2-6-10-17)15-13-20-21(14-15)16-7-3-1-4-8-16/h1-10,13-14H,11-12H2,(H,19,22). The van der Waals surface area contributed by atoms with Crippen molar-refractivity contribution >= 4 is 17.7 Å². The van der Waals surface area contributed by atoms with E-state index in [9.17, 15) is 4.79 Å². The Morgan fingerprint density at radius 3 is 2.48 bits per heavy atom. The molecule has 0 atom stereocenters. The SMILES string of the molecule is O=C(NCCSc1ccccc1)c1cnn(-c2ccccc2)c1. The molecule has 0 radical (unpaired) electrons. The van der Waals surface area contributed by atoms with Gasteiger partial charge in [0.2, 0.25) is 0 Å². The van der Waals surface area contributed by atoms with Crippen molar-refractivity contribution in [2.24, 2.45) is 0 Å². The van der Waals surface area contributed by atoms with Crippen molar-refractivity contribution in [2.45, 2.75) is 4.90 Å². The van der Waals surface area contributed by atoms with E-state index >= 15 is 0 Å². The van der Waals surface area contributed by atoms with E-state index in [0.717, 1.165) is 11.4 Å². The van der Waals surface area contributed by atoms with Gasteiger partial charge in [-0.1, -0.05) is 36.4 Å². The number of carbonyl (C=O) groups is 1. The maximum Gasteiger partial charge on any atom is 0.254 e. The van der Waals surface area contributed by atoms with Crippen LogP contribution in [0.1, 0.15) is 10.4 Å². The van der Waals surface area contributed by atoms with Gasteiger partial charge in [0, 0.05) is 23.4 Å². The summed E-state index contributed by atoms with van der Waals surface area (Å²) in [5.41, 5.74) is 1.50. The quantitative estimate of drug-likeness (QED) is 0.559. The molecule has 5 heteroatoms. The molecule has 23 heavy (non-hydrogen) atoms. The molecule has 1 amide bonds. The number of benzene rings is 2. The van der Waals surface area contributed by atoms with Gasteiger partial charge in [0.05, 0.1) is 17.4 Å². The number of rotatable bonds is 6. The first kappa shape index (κ1) is 15.4. The number of hydrogen-bond donors (Lipinski definition) is 1. The number of aromatic nitrogens is 2. The third-order valence-corrected chi connectivity index (χ3v) is 4.28. The summed E-state index contributed by atoms with van der Waals surface area (Å²) >= 11 is 1.72. The maximum atomic E-state index is 12.1. The first-order valence-corrected chi connectivity index (χ1v) is 8.37. The van der Waals surface area contributed by atoms with Gasteiger partial charge in [0.1, 0.15) is 0 Å². The third-order valence-electron chi connectivity index (χ3n) is 3.27. The van der Waals surface area contributed by atoms with Crippen LogP contribution in [0.25, 0.3) is 5.69 Å². The number of nitrogens with one attached hydrogen (secondary N) is 1. The first-order valence-electron chi connectivity index (χ1n) is 7.39. The zero-order chi connectivity index (χ0) is 15.9. The lowest BCUT2D eigenvalue weighted by atomic mass is 10.3. The number of para-hydroxylation sites is 1. The van der Waals surface area contributed by atoms with Gasteiger partial charge in [-0.15, -0.1) is 11.8 Å². The molecule has 0 saturated heterocycles. The minimum Gasteiger partial charge on any atom is -0.351 e. The Morgan fingerprint density at radius 1 is 1.04 bits per heavy atom. The molecule has 1 aromatic heterocycles. The fraction of sp³-hybridized carbons (Fsp3) is 0.111. The summed E-state index contributed by atoms with van der Waals surface area (Å²) in [5, 5.41) is 7.15. The molecule has 1 N–H and O–H groups in total. The van der Waals surface area contributed by atoms with E-state index in [1.54, 1.807) is 28.8 Å². The molecule has 0 aliphatic carbocycles. The van der Waals surface area contributed by atoms with Crippen LogP contribution in [0.15, 0.2) is 78.0 Å². The van der Waals surface area contributed by atoms with E-state index in [1.807, 2.05) is 48.5 Å².